The van der Waals surface area contributed by atoms with Crippen LogP contribution in [0.25, 0.3) is 0 Å². The van der Waals surface area contributed by atoms with E-state index < -0.39 is 12.1 Å². The Morgan fingerprint density at radius 3 is 2.50 bits per heavy atom. The molecule has 0 radical (unpaired) electrons. The molecule has 0 saturated carbocycles. The maximum Gasteiger partial charge on any atom is 0.307 e. The molecular weight excluding hydrogens is 160 g/mol. The van der Waals surface area contributed by atoms with Crippen LogP contribution in [0.5, 0.6) is 0 Å². The quantitative estimate of drug-likeness (QED) is 0.663. The molecule has 0 bridgehead atoms. The van der Waals surface area contributed by atoms with Crippen LogP contribution < -0.4 is 0 Å². The fourth-order valence-corrected chi connectivity index (χ4v) is 1.06. The van der Waals surface area contributed by atoms with Gasteiger partial charge in [-0.2, -0.15) is 0 Å². The van der Waals surface area contributed by atoms with E-state index in [2.05, 4.69) is 0 Å². The SMILES string of the molecule is CC1=C(C)C(=O)C(CC(=O)O)O1. The van der Waals surface area contributed by atoms with Crippen LogP contribution in [-0.4, -0.2) is 23.0 Å². The molecule has 1 atom stereocenters. The van der Waals surface area contributed by atoms with Gasteiger partial charge in [-0.25, -0.2) is 0 Å². The first kappa shape index (κ1) is 8.77. The summed E-state index contributed by atoms with van der Waals surface area (Å²) in [7, 11) is 0. The summed E-state index contributed by atoms with van der Waals surface area (Å²) in [5.74, 6) is -0.697. The van der Waals surface area contributed by atoms with Crippen LogP contribution >= 0.6 is 0 Å². The van der Waals surface area contributed by atoms with E-state index in [9.17, 15) is 9.59 Å². The summed E-state index contributed by atoms with van der Waals surface area (Å²) in [6.07, 6.45) is -1.06. The van der Waals surface area contributed by atoms with Gasteiger partial charge in [0.2, 0.25) is 5.78 Å². The van der Waals surface area contributed by atoms with Crippen LogP contribution in [0, 0.1) is 0 Å². The second kappa shape index (κ2) is 2.97. The third-order valence-corrected chi connectivity index (χ3v) is 1.87. The van der Waals surface area contributed by atoms with Crippen LogP contribution in [0.2, 0.25) is 0 Å². The molecule has 1 heterocycles. The molecule has 1 aliphatic rings. The number of aliphatic carboxylic acids is 1. The van der Waals surface area contributed by atoms with Gasteiger partial charge in [-0.3, -0.25) is 9.59 Å². The molecular formula is C8H10O4. The summed E-state index contributed by atoms with van der Waals surface area (Å²) >= 11 is 0. The zero-order valence-corrected chi connectivity index (χ0v) is 6.96. The predicted octanol–water partition coefficient (Wildman–Crippen LogP) is 0.723. The monoisotopic (exact) mass is 170 g/mol. The zero-order valence-electron chi connectivity index (χ0n) is 6.96. The molecule has 0 saturated heterocycles. The third-order valence-electron chi connectivity index (χ3n) is 1.87. The van der Waals surface area contributed by atoms with Gasteiger partial charge in [0, 0.05) is 5.57 Å². The number of allylic oxidation sites excluding steroid dienone is 1. The maximum atomic E-state index is 11.2. The second-order valence-electron chi connectivity index (χ2n) is 2.75. The number of ether oxygens (including phenoxy) is 1. The van der Waals surface area contributed by atoms with E-state index in [1.165, 1.54) is 0 Å². The van der Waals surface area contributed by atoms with E-state index in [0.29, 0.717) is 11.3 Å². The summed E-state index contributed by atoms with van der Waals surface area (Å²) < 4.78 is 5.05. The molecule has 0 aromatic heterocycles. The van der Waals surface area contributed by atoms with Gasteiger partial charge in [0.15, 0.2) is 6.10 Å². The number of rotatable bonds is 2. The summed E-state index contributed by atoms with van der Waals surface area (Å²) in [6, 6.07) is 0. The van der Waals surface area contributed by atoms with E-state index in [0.717, 1.165) is 0 Å². The molecule has 0 aromatic carbocycles. The predicted molar refractivity (Wildman–Crippen MR) is 40.5 cm³/mol. The van der Waals surface area contributed by atoms with Gasteiger partial charge in [-0.05, 0) is 13.8 Å². The summed E-state index contributed by atoms with van der Waals surface area (Å²) in [5, 5.41) is 8.41. The molecule has 0 fully saturated rings. The topological polar surface area (TPSA) is 63.6 Å². The van der Waals surface area contributed by atoms with E-state index >= 15 is 0 Å². The van der Waals surface area contributed by atoms with Gasteiger partial charge in [0.1, 0.15) is 5.76 Å². The van der Waals surface area contributed by atoms with Crippen molar-refractivity contribution in [3.63, 3.8) is 0 Å². The molecule has 0 aromatic rings. The molecule has 4 nitrogen and oxygen atoms in total. The minimum absolute atomic E-state index is 0.213. The third kappa shape index (κ3) is 1.47. The Morgan fingerprint density at radius 2 is 2.17 bits per heavy atom. The molecule has 1 aliphatic heterocycles. The molecule has 0 aliphatic carbocycles. The number of carboxylic acids is 1. The molecule has 4 heteroatoms. The normalized spacial score (nSPS) is 22.8. The average Bonchev–Trinajstić information content (AvgIpc) is 2.17. The van der Waals surface area contributed by atoms with Crippen LogP contribution in [0.3, 0.4) is 0 Å². The van der Waals surface area contributed by atoms with Gasteiger partial charge in [0.05, 0.1) is 6.42 Å². The van der Waals surface area contributed by atoms with E-state index in [1.54, 1.807) is 13.8 Å². The fraction of sp³-hybridized carbons (Fsp3) is 0.500. The summed E-state index contributed by atoms with van der Waals surface area (Å²) in [5.41, 5.74) is 0.529. The molecule has 1 rings (SSSR count). The van der Waals surface area contributed by atoms with Gasteiger partial charge < -0.3 is 9.84 Å². The van der Waals surface area contributed by atoms with Crippen molar-refractivity contribution in [3.05, 3.63) is 11.3 Å². The standard InChI is InChI=1S/C8H10O4/c1-4-5(2)12-6(8(4)11)3-7(9)10/h6H,3H2,1-2H3,(H,9,10). The van der Waals surface area contributed by atoms with E-state index in [-0.39, 0.29) is 12.2 Å². The second-order valence-corrected chi connectivity index (χ2v) is 2.75. The van der Waals surface area contributed by atoms with Gasteiger partial charge >= 0.3 is 5.97 Å². The summed E-state index contributed by atoms with van der Waals surface area (Å²) in [4.78, 5) is 21.5. The lowest BCUT2D eigenvalue weighted by Crippen LogP contribution is -2.21. The first-order valence-corrected chi connectivity index (χ1v) is 3.62. The number of hydrogen-bond donors (Lipinski definition) is 1. The Labute approximate surface area is 69.8 Å². The van der Waals surface area contributed by atoms with Crippen molar-refractivity contribution in [2.45, 2.75) is 26.4 Å². The van der Waals surface area contributed by atoms with Crippen molar-refractivity contribution in [2.24, 2.45) is 0 Å². The highest BCUT2D eigenvalue weighted by Gasteiger charge is 2.31. The van der Waals surface area contributed by atoms with Crippen LogP contribution in [0.1, 0.15) is 20.3 Å². The minimum atomic E-state index is -1.02. The lowest BCUT2D eigenvalue weighted by molar-refractivity contribution is -0.141. The first-order chi connectivity index (χ1) is 5.52. The number of ketones is 1. The Bertz CT molecular complexity index is 264. The van der Waals surface area contributed by atoms with Gasteiger partial charge in [-0.15, -0.1) is 0 Å². The Hall–Kier alpha value is -1.32. The highest BCUT2D eigenvalue weighted by Crippen LogP contribution is 2.22. The van der Waals surface area contributed by atoms with Crippen molar-refractivity contribution in [1.29, 1.82) is 0 Å². The van der Waals surface area contributed by atoms with Crippen LogP contribution in [0.4, 0.5) is 0 Å². The van der Waals surface area contributed by atoms with Gasteiger partial charge in [0.25, 0.3) is 0 Å². The summed E-state index contributed by atoms with van der Waals surface area (Å²) in [6.45, 7) is 3.30. The van der Waals surface area contributed by atoms with E-state index in [4.69, 9.17) is 9.84 Å². The minimum Gasteiger partial charge on any atom is -0.486 e. The highest BCUT2D eigenvalue weighted by molar-refractivity contribution is 6.02. The highest BCUT2D eigenvalue weighted by atomic mass is 16.5. The molecule has 0 amide bonds. The van der Waals surface area contributed by atoms with Crippen LogP contribution in [0.15, 0.2) is 11.3 Å². The van der Waals surface area contributed by atoms with E-state index in [1.807, 2.05) is 0 Å². The van der Waals surface area contributed by atoms with Crippen molar-refractivity contribution >= 4 is 11.8 Å². The average molecular weight is 170 g/mol. The van der Waals surface area contributed by atoms with Crippen molar-refractivity contribution in [3.8, 4) is 0 Å². The Kier molecular flexibility index (Phi) is 2.17. The molecule has 0 spiro atoms. The Morgan fingerprint density at radius 1 is 1.58 bits per heavy atom. The number of carbonyl (C=O) groups excluding carboxylic acids is 1. The fourth-order valence-electron chi connectivity index (χ4n) is 1.06. The molecule has 1 N–H and O–H groups in total. The van der Waals surface area contributed by atoms with Crippen molar-refractivity contribution in [2.75, 3.05) is 0 Å². The number of carboxylic acid groups (broad SMARTS) is 1. The smallest absolute Gasteiger partial charge is 0.307 e. The Balaban J connectivity index is 2.67. The molecule has 12 heavy (non-hydrogen) atoms. The number of hydrogen-bond acceptors (Lipinski definition) is 3. The molecule has 66 valence electrons. The lowest BCUT2D eigenvalue weighted by Gasteiger charge is -2.06. The largest absolute Gasteiger partial charge is 0.486 e. The number of Topliss-reactive ketones (excluding diaryl/α,β-unsaturated/α-hetero) is 1. The lowest BCUT2D eigenvalue weighted by atomic mass is 10.1. The van der Waals surface area contributed by atoms with Crippen molar-refractivity contribution in [1.82, 2.24) is 0 Å². The molecule has 1 unspecified atom stereocenters. The number of carbonyl (C=O) groups is 2. The van der Waals surface area contributed by atoms with Crippen molar-refractivity contribution < 1.29 is 19.4 Å². The first-order valence-electron chi connectivity index (χ1n) is 3.62. The van der Waals surface area contributed by atoms with Crippen LogP contribution in [-0.2, 0) is 14.3 Å². The maximum absolute atomic E-state index is 11.2. The van der Waals surface area contributed by atoms with Gasteiger partial charge in [-0.1, -0.05) is 0 Å². The zero-order chi connectivity index (χ0) is 9.30.